The number of hydrogen-bond donors (Lipinski definition) is 3. The van der Waals surface area contributed by atoms with E-state index in [4.69, 9.17) is 9.84 Å². The maximum absolute atomic E-state index is 12.0. The third kappa shape index (κ3) is 9.62. The fourth-order valence-corrected chi connectivity index (χ4v) is 2.02. The summed E-state index contributed by atoms with van der Waals surface area (Å²) < 4.78 is 5.18. The number of hydrogen-bond acceptors (Lipinski definition) is 5. The van der Waals surface area contributed by atoms with Crippen LogP contribution in [0.15, 0.2) is 0 Å². The molecule has 1 amide bonds. The number of esters is 1. The third-order valence-electron chi connectivity index (χ3n) is 3.01. The Balaban J connectivity index is 4.59. The van der Waals surface area contributed by atoms with E-state index in [0.29, 0.717) is 0 Å². The number of carboxylic acid groups (broad SMARTS) is 1. The fraction of sp³-hybridized carbons (Fsp3) is 0.786. The summed E-state index contributed by atoms with van der Waals surface area (Å²) in [5, 5.41) is 14.0. The van der Waals surface area contributed by atoms with Crippen molar-refractivity contribution >= 4 is 27.9 Å². The molecule has 0 aliphatic rings. The first kappa shape index (κ1) is 20.7. The lowest BCUT2D eigenvalue weighted by Crippen LogP contribution is -2.49. The second-order valence-corrected chi connectivity index (χ2v) is 10.6. The van der Waals surface area contributed by atoms with Gasteiger partial charge in [-0.25, -0.2) is 14.8 Å². The van der Waals surface area contributed by atoms with Gasteiger partial charge in [0.1, 0.15) is 6.04 Å². The first-order valence-corrected chi connectivity index (χ1v) is 10.1. The number of carboxylic acids is 1. The van der Waals surface area contributed by atoms with Gasteiger partial charge in [-0.3, -0.25) is 9.59 Å². The summed E-state index contributed by atoms with van der Waals surface area (Å²) in [6.07, 6.45) is 6.13. The van der Waals surface area contributed by atoms with Crippen molar-refractivity contribution in [2.24, 2.45) is 0 Å². The molecule has 2 atom stereocenters. The van der Waals surface area contributed by atoms with Crippen molar-refractivity contribution in [3.05, 3.63) is 0 Å². The van der Waals surface area contributed by atoms with Crippen LogP contribution in [0.2, 0.25) is 0 Å². The minimum atomic E-state index is -1.02. The molecule has 0 aliphatic heterocycles. The van der Waals surface area contributed by atoms with Crippen molar-refractivity contribution < 1.29 is 24.2 Å². The Morgan fingerprint density at radius 3 is 2.27 bits per heavy atom. The smallest absolute Gasteiger partial charge is 0.328 e. The van der Waals surface area contributed by atoms with Crippen molar-refractivity contribution in [2.45, 2.75) is 31.8 Å². The van der Waals surface area contributed by atoms with Crippen LogP contribution in [0.25, 0.3) is 0 Å². The van der Waals surface area contributed by atoms with Crippen molar-refractivity contribution in [3.63, 3.8) is 0 Å². The zero-order valence-electron chi connectivity index (χ0n) is 14.0. The molecule has 0 aliphatic carbocycles. The average molecular weight is 336 g/mol. The molecule has 0 aromatic heterocycles. The van der Waals surface area contributed by atoms with Crippen LogP contribution in [0.5, 0.6) is 0 Å². The van der Waals surface area contributed by atoms with E-state index in [9.17, 15) is 14.4 Å². The number of aliphatic carboxylic acids is 1. The molecule has 0 rings (SSSR count). The summed E-state index contributed by atoms with van der Waals surface area (Å²) in [5.74, 6) is -1.20. The lowest BCUT2D eigenvalue weighted by molar-refractivity contribution is -0.148. The molecule has 7 nitrogen and oxygen atoms in total. The summed E-state index contributed by atoms with van der Waals surface area (Å²) in [6.45, 7) is 1.93. The molecular weight excluding hydrogens is 308 g/mol. The minimum absolute atomic E-state index is 0.0126. The maximum Gasteiger partial charge on any atom is 0.328 e. The van der Waals surface area contributed by atoms with Gasteiger partial charge in [0.05, 0.1) is 12.6 Å². The van der Waals surface area contributed by atoms with E-state index < -0.39 is 34.1 Å². The number of nitrogens with one attached hydrogen (secondary N) is 2. The van der Waals surface area contributed by atoms with Gasteiger partial charge in [0.25, 0.3) is 0 Å². The van der Waals surface area contributed by atoms with Crippen LogP contribution < -0.4 is 10.6 Å². The quantitative estimate of drug-likeness (QED) is 0.492. The minimum Gasteiger partial charge on any atom is -0.481 e. The Morgan fingerprint density at radius 2 is 1.82 bits per heavy atom. The van der Waals surface area contributed by atoms with Crippen LogP contribution in [-0.2, 0) is 19.1 Å². The normalized spacial score (nSPS) is 14.8. The van der Waals surface area contributed by atoms with Gasteiger partial charge < -0.3 is 20.5 Å². The van der Waals surface area contributed by atoms with E-state index in [1.807, 2.05) is 0 Å². The molecule has 0 aromatic rings. The summed E-state index contributed by atoms with van der Waals surface area (Å²) in [5.41, 5.74) is 0. The van der Waals surface area contributed by atoms with Crippen molar-refractivity contribution in [1.82, 2.24) is 10.6 Å². The highest BCUT2D eigenvalue weighted by Crippen LogP contribution is 2.33. The Labute approximate surface area is 133 Å². The molecule has 0 bridgehead atoms. The van der Waals surface area contributed by atoms with E-state index in [2.05, 4.69) is 29.4 Å². The van der Waals surface area contributed by atoms with Gasteiger partial charge in [-0.05, 0) is 39.2 Å². The number of carbonyl (C=O) groups is 3. The van der Waals surface area contributed by atoms with Gasteiger partial charge in [-0.15, -0.1) is 0 Å². The summed E-state index contributed by atoms with van der Waals surface area (Å²) in [4.78, 5) is 34.6. The predicted octanol–water partition coefficient (Wildman–Crippen LogP) is 0.181. The van der Waals surface area contributed by atoms with Gasteiger partial charge in [-0.1, -0.05) is 0 Å². The zero-order chi connectivity index (χ0) is 17.3. The van der Waals surface area contributed by atoms with Crippen LogP contribution in [0, 0.1) is 0 Å². The zero-order valence-corrected chi connectivity index (χ0v) is 14.8. The van der Waals surface area contributed by atoms with Crippen molar-refractivity contribution in [1.29, 1.82) is 0 Å². The highest BCUT2D eigenvalue weighted by atomic mass is 32.3. The lowest BCUT2D eigenvalue weighted by atomic mass is 10.1. The standard InChI is InChI=1S/C14H28N2O5S/c1-10(15-2)13(19)16-11(6-7-12(17)18)14(20)21-8-9-22(3,4)5/h10-11,15H,6-9H2,1-5H3,(H,16,19)(H,17,18)/t10-,11-/m0/s1. The van der Waals surface area contributed by atoms with Crippen LogP contribution in [0.4, 0.5) is 0 Å². The molecule has 0 unspecified atom stereocenters. The number of likely N-dealkylation sites (N-methyl/N-ethyl adjacent to an activating group) is 1. The van der Waals surface area contributed by atoms with E-state index in [-0.39, 0.29) is 25.4 Å². The molecule has 130 valence electrons. The predicted molar refractivity (Wildman–Crippen MR) is 88.5 cm³/mol. The van der Waals surface area contributed by atoms with Gasteiger partial charge in [0.2, 0.25) is 5.91 Å². The molecule has 3 N–H and O–H groups in total. The number of carbonyl (C=O) groups excluding carboxylic acids is 2. The van der Waals surface area contributed by atoms with Crippen LogP contribution in [0.3, 0.4) is 0 Å². The molecule has 0 heterocycles. The highest BCUT2D eigenvalue weighted by molar-refractivity contribution is 8.32. The Morgan fingerprint density at radius 1 is 1.23 bits per heavy atom. The van der Waals surface area contributed by atoms with E-state index >= 15 is 0 Å². The molecule has 22 heavy (non-hydrogen) atoms. The molecule has 0 saturated carbocycles. The molecule has 0 radical (unpaired) electrons. The summed E-state index contributed by atoms with van der Waals surface area (Å²) in [7, 11) is 0.846. The Kier molecular flexibility index (Phi) is 9.12. The summed E-state index contributed by atoms with van der Waals surface area (Å²) in [6, 6.07) is -1.41. The number of ether oxygens (including phenoxy) is 1. The van der Waals surface area contributed by atoms with Gasteiger partial charge in [-0.2, -0.15) is 0 Å². The lowest BCUT2D eigenvalue weighted by Gasteiger charge is -2.25. The van der Waals surface area contributed by atoms with Crippen molar-refractivity contribution in [3.8, 4) is 0 Å². The van der Waals surface area contributed by atoms with Crippen LogP contribution >= 0.6 is 10.0 Å². The van der Waals surface area contributed by atoms with Crippen LogP contribution in [0.1, 0.15) is 19.8 Å². The highest BCUT2D eigenvalue weighted by Gasteiger charge is 2.25. The molecule has 0 aromatic carbocycles. The first-order chi connectivity index (χ1) is 10.1. The van der Waals surface area contributed by atoms with E-state index in [0.717, 1.165) is 5.75 Å². The average Bonchev–Trinajstić information content (AvgIpc) is 2.40. The van der Waals surface area contributed by atoms with Gasteiger partial charge in [0.15, 0.2) is 0 Å². The fourth-order valence-electron chi connectivity index (χ4n) is 1.44. The van der Waals surface area contributed by atoms with E-state index in [1.54, 1.807) is 14.0 Å². The van der Waals surface area contributed by atoms with Gasteiger partial charge in [0, 0.05) is 12.2 Å². The molecule has 8 heteroatoms. The number of rotatable bonds is 10. The molecule has 0 saturated heterocycles. The Bertz CT molecular complexity index is 395. The van der Waals surface area contributed by atoms with Crippen LogP contribution in [-0.4, -0.2) is 73.2 Å². The molecule has 0 spiro atoms. The second kappa shape index (κ2) is 9.68. The van der Waals surface area contributed by atoms with Gasteiger partial charge >= 0.3 is 11.9 Å². The molecule has 0 fully saturated rings. The second-order valence-electron chi connectivity index (χ2n) is 5.97. The first-order valence-electron chi connectivity index (χ1n) is 7.09. The maximum atomic E-state index is 12.0. The topological polar surface area (TPSA) is 105 Å². The number of amides is 1. The van der Waals surface area contributed by atoms with Crippen molar-refractivity contribution in [2.75, 3.05) is 38.2 Å². The largest absolute Gasteiger partial charge is 0.481 e. The third-order valence-corrected chi connectivity index (χ3v) is 4.41. The summed E-state index contributed by atoms with van der Waals surface area (Å²) >= 11 is 0. The molecular formula is C14H28N2O5S. The van der Waals surface area contributed by atoms with E-state index in [1.165, 1.54) is 0 Å². The SMILES string of the molecule is CN[C@@H](C)C(=O)N[C@@H](CCC(=O)O)C(=O)OCCS(C)(C)C. The Hall–Kier alpha value is -1.28. The monoisotopic (exact) mass is 336 g/mol.